The lowest BCUT2D eigenvalue weighted by Gasteiger charge is -2.07. The van der Waals surface area contributed by atoms with Gasteiger partial charge in [0.15, 0.2) is 11.5 Å². The van der Waals surface area contributed by atoms with Crippen LogP contribution in [-0.4, -0.2) is 18.4 Å². The minimum atomic E-state index is 0.0444. The van der Waals surface area contributed by atoms with E-state index in [1.165, 1.54) is 7.11 Å². The Hall–Kier alpha value is -1.72. The van der Waals surface area contributed by atoms with Gasteiger partial charge < -0.3 is 9.84 Å². The lowest BCUT2D eigenvalue weighted by atomic mass is 10.2. The van der Waals surface area contributed by atoms with Crippen molar-refractivity contribution < 1.29 is 9.84 Å². The molecule has 6 heteroatoms. The summed E-state index contributed by atoms with van der Waals surface area (Å²) in [6, 6.07) is 10.6. The lowest BCUT2D eigenvalue weighted by molar-refractivity contribution is 0.372. The van der Waals surface area contributed by atoms with E-state index in [0.717, 1.165) is 11.3 Å². The number of phenols is 1. The fourth-order valence-electron chi connectivity index (χ4n) is 1.53. The molecule has 0 spiro atoms. The summed E-state index contributed by atoms with van der Waals surface area (Å²) in [5, 5.41) is 14.6. The van der Waals surface area contributed by atoms with E-state index >= 15 is 0 Å². The average molecular weight is 356 g/mol. The van der Waals surface area contributed by atoms with E-state index in [2.05, 4.69) is 26.5 Å². The maximum atomic E-state index is 9.86. The van der Waals surface area contributed by atoms with Gasteiger partial charge in [-0.25, -0.2) is 0 Å². The number of hydrazone groups is 1. The summed E-state index contributed by atoms with van der Waals surface area (Å²) in [5.41, 5.74) is 4.42. The summed E-state index contributed by atoms with van der Waals surface area (Å²) in [6.45, 7) is 0. The molecule has 2 aromatic rings. The van der Waals surface area contributed by atoms with E-state index < -0.39 is 0 Å². The van der Waals surface area contributed by atoms with Crippen LogP contribution in [-0.2, 0) is 0 Å². The Labute approximate surface area is 130 Å². The standard InChI is InChI=1S/C14H12BrClN2O2/c1-20-12-7-2-9(13(15)14(12)19)8-17-18-11-5-3-10(16)4-6-11/h2-8,18-19H,1H3/b17-8+. The number of nitrogens with one attached hydrogen (secondary N) is 1. The third-order valence-corrected chi connectivity index (χ3v) is 3.66. The largest absolute Gasteiger partial charge is 0.503 e. The first-order valence-electron chi connectivity index (χ1n) is 5.72. The molecule has 0 aliphatic rings. The van der Waals surface area contributed by atoms with Gasteiger partial charge in [0.1, 0.15) is 0 Å². The monoisotopic (exact) mass is 354 g/mol. The van der Waals surface area contributed by atoms with Crippen LogP contribution < -0.4 is 10.2 Å². The predicted octanol–water partition coefficient (Wildman–Crippen LogP) is 4.26. The molecular weight excluding hydrogens is 344 g/mol. The van der Waals surface area contributed by atoms with Crippen molar-refractivity contribution in [2.75, 3.05) is 12.5 Å². The van der Waals surface area contributed by atoms with Gasteiger partial charge in [-0.1, -0.05) is 11.6 Å². The molecule has 0 unspecified atom stereocenters. The zero-order valence-corrected chi connectivity index (χ0v) is 12.9. The molecule has 104 valence electrons. The van der Waals surface area contributed by atoms with Gasteiger partial charge in [0.25, 0.3) is 0 Å². The highest BCUT2D eigenvalue weighted by molar-refractivity contribution is 9.10. The molecule has 0 bridgehead atoms. The van der Waals surface area contributed by atoms with Crippen molar-refractivity contribution in [1.82, 2.24) is 0 Å². The van der Waals surface area contributed by atoms with E-state index in [1.807, 2.05) is 12.1 Å². The molecule has 0 aromatic heterocycles. The Morgan fingerprint density at radius 1 is 1.25 bits per heavy atom. The molecular formula is C14H12BrClN2O2. The Kier molecular flexibility index (Phi) is 4.87. The third-order valence-electron chi connectivity index (χ3n) is 2.57. The molecule has 0 radical (unpaired) electrons. The highest BCUT2D eigenvalue weighted by atomic mass is 79.9. The van der Waals surface area contributed by atoms with Crippen molar-refractivity contribution >= 4 is 39.4 Å². The van der Waals surface area contributed by atoms with Gasteiger partial charge in [0.2, 0.25) is 0 Å². The summed E-state index contributed by atoms with van der Waals surface area (Å²) in [4.78, 5) is 0. The van der Waals surface area contributed by atoms with Crippen molar-refractivity contribution in [3.8, 4) is 11.5 Å². The molecule has 0 atom stereocenters. The quantitative estimate of drug-likeness (QED) is 0.636. The molecule has 0 fully saturated rings. The predicted molar refractivity (Wildman–Crippen MR) is 85.0 cm³/mol. The Bertz CT molecular complexity index is 630. The maximum absolute atomic E-state index is 9.86. The number of anilines is 1. The number of hydrogen-bond donors (Lipinski definition) is 2. The summed E-state index contributed by atoms with van der Waals surface area (Å²) in [6.07, 6.45) is 1.60. The first kappa shape index (κ1) is 14.7. The minimum absolute atomic E-state index is 0.0444. The maximum Gasteiger partial charge on any atom is 0.172 e. The first-order chi connectivity index (χ1) is 9.61. The van der Waals surface area contributed by atoms with Crippen molar-refractivity contribution in [2.24, 2.45) is 5.10 Å². The molecule has 0 saturated heterocycles. The second-order valence-electron chi connectivity index (χ2n) is 3.90. The van der Waals surface area contributed by atoms with Crippen LogP contribution in [0, 0.1) is 0 Å². The number of hydrogen-bond acceptors (Lipinski definition) is 4. The van der Waals surface area contributed by atoms with Gasteiger partial charge >= 0.3 is 0 Å². The molecule has 0 saturated carbocycles. The number of methoxy groups -OCH3 is 1. The summed E-state index contributed by atoms with van der Waals surface area (Å²) in [5.74, 6) is 0.447. The number of phenolic OH excluding ortho intramolecular Hbond substituents is 1. The molecule has 0 aliphatic heterocycles. The molecule has 2 aromatic carbocycles. The van der Waals surface area contributed by atoms with Gasteiger partial charge in [-0.05, 0) is 52.3 Å². The van der Waals surface area contributed by atoms with E-state index in [0.29, 0.717) is 15.2 Å². The lowest BCUT2D eigenvalue weighted by Crippen LogP contribution is -1.92. The third kappa shape index (κ3) is 3.43. The van der Waals surface area contributed by atoms with E-state index in [1.54, 1.807) is 30.5 Å². The van der Waals surface area contributed by atoms with E-state index in [4.69, 9.17) is 16.3 Å². The zero-order valence-electron chi connectivity index (χ0n) is 10.6. The van der Waals surface area contributed by atoms with Crippen LogP contribution in [0.5, 0.6) is 11.5 Å². The fraction of sp³-hybridized carbons (Fsp3) is 0.0714. The number of benzene rings is 2. The van der Waals surface area contributed by atoms with Gasteiger partial charge in [-0.3, -0.25) is 5.43 Å². The number of nitrogens with zero attached hydrogens (tertiary/aromatic N) is 1. The minimum Gasteiger partial charge on any atom is -0.503 e. The number of rotatable bonds is 4. The number of ether oxygens (including phenoxy) is 1. The topological polar surface area (TPSA) is 53.8 Å². The van der Waals surface area contributed by atoms with Crippen LogP contribution in [0.2, 0.25) is 5.02 Å². The summed E-state index contributed by atoms with van der Waals surface area (Å²) >= 11 is 9.10. The smallest absolute Gasteiger partial charge is 0.172 e. The highest BCUT2D eigenvalue weighted by Crippen LogP contribution is 2.35. The van der Waals surface area contributed by atoms with Crippen LogP contribution in [0.4, 0.5) is 5.69 Å². The number of aromatic hydroxyl groups is 1. The van der Waals surface area contributed by atoms with Crippen LogP contribution in [0.15, 0.2) is 46.0 Å². The normalized spacial score (nSPS) is 10.8. The molecule has 0 heterocycles. The molecule has 0 amide bonds. The molecule has 2 rings (SSSR count). The average Bonchev–Trinajstić information content (AvgIpc) is 2.46. The zero-order chi connectivity index (χ0) is 14.5. The fourth-order valence-corrected chi connectivity index (χ4v) is 2.08. The van der Waals surface area contributed by atoms with Crippen LogP contribution in [0.3, 0.4) is 0 Å². The first-order valence-corrected chi connectivity index (χ1v) is 6.89. The van der Waals surface area contributed by atoms with E-state index in [9.17, 15) is 5.11 Å². The Balaban J connectivity index is 2.12. The van der Waals surface area contributed by atoms with Crippen molar-refractivity contribution in [3.05, 3.63) is 51.5 Å². The molecule has 4 nitrogen and oxygen atoms in total. The summed E-state index contributed by atoms with van der Waals surface area (Å²) in [7, 11) is 1.50. The van der Waals surface area contributed by atoms with E-state index in [-0.39, 0.29) is 5.75 Å². The van der Waals surface area contributed by atoms with Crippen molar-refractivity contribution in [3.63, 3.8) is 0 Å². The van der Waals surface area contributed by atoms with Gasteiger partial charge in [-0.15, -0.1) is 0 Å². The van der Waals surface area contributed by atoms with Gasteiger partial charge in [0, 0.05) is 10.6 Å². The van der Waals surface area contributed by atoms with Gasteiger partial charge in [0.05, 0.1) is 23.5 Å². The van der Waals surface area contributed by atoms with Crippen LogP contribution >= 0.6 is 27.5 Å². The van der Waals surface area contributed by atoms with Gasteiger partial charge in [-0.2, -0.15) is 5.10 Å². The Morgan fingerprint density at radius 2 is 1.95 bits per heavy atom. The van der Waals surface area contributed by atoms with Crippen molar-refractivity contribution in [1.29, 1.82) is 0 Å². The molecule has 0 aliphatic carbocycles. The molecule has 2 N–H and O–H groups in total. The highest BCUT2D eigenvalue weighted by Gasteiger charge is 2.09. The summed E-state index contributed by atoms with van der Waals surface area (Å²) < 4.78 is 5.54. The second kappa shape index (κ2) is 6.63. The molecule has 20 heavy (non-hydrogen) atoms. The Morgan fingerprint density at radius 3 is 2.60 bits per heavy atom. The second-order valence-corrected chi connectivity index (χ2v) is 5.13. The van der Waals surface area contributed by atoms with Crippen molar-refractivity contribution in [2.45, 2.75) is 0 Å². The number of halogens is 2. The van der Waals surface area contributed by atoms with Crippen LogP contribution in [0.1, 0.15) is 5.56 Å². The SMILES string of the molecule is COc1ccc(/C=N/Nc2ccc(Cl)cc2)c(Br)c1O. The van der Waals surface area contributed by atoms with Crippen LogP contribution in [0.25, 0.3) is 0 Å².